The number of H-pyrrole nitrogens is 1. The summed E-state index contributed by atoms with van der Waals surface area (Å²) in [4.78, 5) is 22.9. The van der Waals surface area contributed by atoms with Gasteiger partial charge in [-0.2, -0.15) is 0 Å². The number of methoxy groups -OCH3 is 1. The second kappa shape index (κ2) is 8.66. The molecule has 2 aromatic carbocycles. The van der Waals surface area contributed by atoms with Crippen molar-refractivity contribution in [2.45, 2.75) is 32.2 Å². The molecule has 2 heterocycles. The standard InChI is InChI=1S/C23H28N4O2/c1-16-5-10-19-20(14-16)26-23(25-19)21-4-3-13-27(21)15-22(28)24-12-11-17-6-8-18(29-2)9-7-17/h5-10,14,21H,3-4,11-13,15H2,1-2H3,(H,24,28)(H,25,26). The van der Waals surface area contributed by atoms with Crippen LogP contribution >= 0.6 is 0 Å². The molecule has 1 saturated heterocycles. The fourth-order valence-electron chi connectivity index (χ4n) is 4.00. The van der Waals surface area contributed by atoms with Crippen molar-refractivity contribution in [2.24, 2.45) is 0 Å². The van der Waals surface area contributed by atoms with Gasteiger partial charge in [-0.1, -0.05) is 18.2 Å². The zero-order valence-corrected chi connectivity index (χ0v) is 17.1. The number of aryl methyl sites for hydroxylation is 1. The molecule has 6 nitrogen and oxygen atoms in total. The quantitative estimate of drug-likeness (QED) is 0.647. The number of amides is 1. The maximum Gasteiger partial charge on any atom is 0.234 e. The third kappa shape index (κ3) is 4.59. The molecule has 0 saturated carbocycles. The molecule has 1 atom stereocenters. The van der Waals surface area contributed by atoms with E-state index in [0.29, 0.717) is 13.1 Å². The van der Waals surface area contributed by atoms with Gasteiger partial charge < -0.3 is 15.0 Å². The minimum absolute atomic E-state index is 0.0670. The van der Waals surface area contributed by atoms with Crippen LogP contribution in [0.15, 0.2) is 42.5 Å². The number of fused-ring (bicyclic) bond motifs is 1. The van der Waals surface area contributed by atoms with Gasteiger partial charge in [-0.05, 0) is 68.1 Å². The Hall–Kier alpha value is -2.86. The summed E-state index contributed by atoms with van der Waals surface area (Å²) in [5.74, 6) is 1.88. The molecular formula is C23H28N4O2. The molecule has 3 aromatic rings. The van der Waals surface area contributed by atoms with Crippen LogP contribution in [-0.2, 0) is 11.2 Å². The monoisotopic (exact) mass is 392 g/mol. The summed E-state index contributed by atoms with van der Waals surface area (Å²) in [6.45, 7) is 4.04. The summed E-state index contributed by atoms with van der Waals surface area (Å²) >= 11 is 0. The van der Waals surface area contributed by atoms with E-state index in [1.54, 1.807) is 7.11 Å². The number of benzene rings is 2. The molecule has 0 bridgehead atoms. The van der Waals surface area contributed by atoms with Gasteiger partial charge in [0.25, 0.3) is 0 Å². The Morgan fingerprint density at radius 2 is 2.10 bits per heavy atom. The molecule has 1 amide bonds. The van der Waals surface area contributed by atoms with Gasteiger partial charge in [-0.25, -0.2) is 4.98 Å². The second-order valence-electron chi connectivity index (χ2n) is 7.72. The van der Waals surface area contributed by atoms with Crippen molar-refractivity contribution in [1.29, 1.82) is 0 Å². The van der Waals surface area contributed by atoms with Crippen molar-refractivity contribution in [1.82, 2.24) is 20.2 Å². The SMILES string of the molecule is COc1ccc(CCNC(=O)CN2CCCC2c2nc3ccc(C)cc3[nH]2)cc1. The van der Waals surface area contributed by atoms with E-state index < -0.39 is 0 Å². The van der Waals surface area contributed by atoms with Gasteiger partial charge in [0, 0.05) is 6.54 Å². The topological polar surface area (TPSA) is 70.2 Å². The number of nitrogens with one attached hydrogen (secondary N) is 2. The predicted octanol–water partition coefficient (Wildman–Crippen LogP) is 3.38. The first-order chi connectivity index (χ1) is 14.1. The third-order valence-electron chi connectivity index (χ3n) is 5.58. The average Bonchev–Trinajstić information content (AvgIpc) is 3.34. The second-order valence-corrected chi connectivity index (χ2v) is 7.72. The van der Waals surface area contributed by atoms with Crippen molar-refractivity contribution < 1.29 is 9.53 Å². The van der Waals surface area contributed by atoms with E-state index in [1.807, 2.05) is 24.3 Å². The van der Waals surface area contributed by atoms with Gasteiger partial charge in [0.2, 0.25) is 5.91 Å². The van der Waals surface area contributed by atoms with Gasteiger partial charge in [-0.3, -0.25) is 9.69 Å². The van der Waals surface area contributed by atoms with E-state index in [2.05, 4.69) is 40.3 Å². The lowest BCUT2D eigenvalue weighted by atomic mass is 10.1. The van der Waals surface area contributed by atoms with Crippen LogP contribution in [0.25, 0.3) is 11.0 Å². The summed E-state index contributed by atoms with van der Waals surface area (Å²) in [5.41, 5.74) is 4.45. The summed E-state index contributed by atoms with van der Waals surface area (Å²) < 4.78 is 5.17. The van der Waals surface area contributed by atoms with Crippen LogP contribution in [0.2, 0.25) is 0 Å². The van der Waals surface area contributed by atoms with Gasteiger partial charge >= 0.3 is 0 Å². The van der Waals surface area contributed by atoms with Crippen molar-refractivity contribution >= 4 is 16.9 Å². The summed E-state index contributed by atoms with van der Waals surface area (Å²) in [5, 5.41) is 3.05. The van der Waals surface area contributed by atoms with Crippen LogP contribution < -0.4 is 10.1 Å². The number of aromatic amines is 1. The Bertz CT molecular complexity index is 980. The number of imidazole rings is 1. The number of carbonyl (C=O) groups excluding carboxylic acids is 1. The third-order valence-corrected chi connectivity index (χ3v) is 5.58. The molecule has 1 aliphatic heterocycles. The van der Waals surface area contributed by atoms with Gasteiger partial charge in [0.15, 0.2) is 0 Å². The predicted molar refractivity (Wildman–Crippen MR) is 114 cm³/mol. The Balaban J connectivity index is 1.32. The van der Waals surface area contributed by atoms with Crippen LogP contribution in [0.3, 0.4) is 0 Å². The zero-order valence-electron chi connectivity index (χ0n) is 17.1. The van der Waals surface area contributed by atoms with E-state index in [-0.39, 0.29) is 11.9 Å². The normalized spacial score (nSPS) is 17.0. The molecule has 1 aliphatic rings. The van der Waals surface area contributed by atoms with Crippen molar-refractivity contribution in [3.8, 4) is 5.75 Å². The van der Waals surface area contributed by atoms with E-state index in [9.17, 15) is 4.79 Å². The van der Waals surface area contributed by atoms with Crippen LogP contribution in [0.5, 0.6) is 5.75 Å². The van der Waals surface area contributed by atoms with E-state index in [4.69, 9.17) is 9.72 Å². The highest BCUT2D eigenvalue weighted by atomic mass is 16.5. The molecule has 1 fully saturated rings. The van der Waals surface area contributed by atoms with Crippen LogP contribution in [0, 0.1) is 6.92 Å². The Labute approximate surface area is 171 Å². The van der Waals surface area contributed by atoms with E-state index in [1.165, 1.54) is 11.1 Å². The van der Waals surface area contributed by atoms with Gasteiger partial charge in [-0.15, -0.1) is 0 Å². The lowest BCUT2D eigenvalue weighted by molar-refractivity contribution is -0.122. The number of nitrogens with zero attached hydrogens (tertiary/aromatic N) is 2. The molecular weight excluding hydrogens is 364 g/mol. The summed E-state index contributed by atoms with van der Waals surface area (Å²) in [6, 6.07) is 14.4. The first kappa shape index (κ1) is 19.5. The molecule has 0 spiro atoms. The summed E-state index contributed by atoms with van der Waals surface area (Å²) in [7, 11) is 1.66. The molecule has 1 aromatic heterocycles. The highest BCUT2D eigenvalue weighted by Gasteiger charge is 2.29. The van der Waals surface area contributed by atoms with Gasteiger partial charge in [0.05, 0.1) is 30.7 Å². The van der Waals surface area contributed by atoms with Crippen molar-refractivity contribution in [3.63, 3.8) is 0 Å². The highest BCUT2D eigenvalue weighted by molar-refractivity contribution is 5.78. The molecule has 4 rings (SSSR count). The number of aromatic nitrogens is 2. The number of ether oxygens (including phenoxy) is 1. The maximum atomic E-state index is 12.5. The molecule has 2 N–H and O–H groups in total. The van der Waals surface area contributed by atoms with Crippen LogP contribution in [0.1, 0.15) is 35.8 Å². The Morgan fingerprint density at radius 1 is 1.28 bits per heavy atom. The molecule has 1 unspecified atom stereocenters. The molecule has 0 radical (unpaired) electrons. The van der Waals surface area contributed by atoms with E-state index in [0.717, 1.165) is 48.4 Å². The molecule has 6 heteroatoms. The van der Waals surface area contributed by atoms with E-state index >= 15 is 0 Å². The fourth-order valence-corrected chi connectivity index (χ4v) is 4.00. The number of hydrogen-bond donors (Lipinski definition) is 2. The van der Waals surface area contributed by atoms with Crippen LogP contribution in [-0.4, -0.2) is 47.5 Å². The lowest BCUT2D eigenvalue weighted by Gasteiger charge is -2.22. The number of likely N-dealkylation sites (tertiary alicyclic amines) is 1. The maximum absolute atomic E-state index is 12.5. The van der Waals surface area contributed by atoms with Crippen molar-refractivity contribution in [3.05, 3.63) is 59.4 Å². The average molecular weight is 393 g/mol. The molecule has 29 heavy (non-hydrogen) atoms. The zero-order chi connectivity index (χ0) is 20.2. The first-order valence-electron chi connectivity index (χ1n) is 10.2. The molecule has 152 valence electrons. The lowest BCUT2D eigenvalue weighted by Crippen LogP contribution is -2.38. The minimum atomic E-state index is 0.0670. The first-order valence-corrected chi connectivity index (χ1v) is 10.2. The minimum Gasteiger partial charge on any atom is -0.497 e. The largest absolute Gasteiger partial charge is 0.497 e. The summed E-state index contributed by atoms with van der Waals surface area (Å²) in [6.07, 6.45) is 2.92. The number of rotatable bonds is 7. The Morgan fingerprint density at radius 3 is 2.90 bits per heavy atom. The number of hydrogen-bond acceptors (Lipinski definition) is 4. The Kier molecular flexibility index (Phi) is 5.81. The van der Waals surface area contributed by atoms with Crippen LogP contribution in [0.4, 0.5) is 0 Å². The highest BCUT2D eigenvalue weighted by Crippen LogP contribution is 2.31. The van der Waals surface area contributed by atoms with Crippen molar-refractivity contribution in [2.75, 3.05) is 26.7 Å². The molecule has 0 aliphatic carbocycles. The smallest absolute Gasteiger partial charge is 0.234 e. The number of carbonyl (C=O) groups is 1. The fraction of sp³-hybridized carbons (Fsp3) is 0.391. The van der Waals surface area contributed by atoms with Gasteiger partial charge in [0.1, 0.15) is 11.6 Å².